The molecule has 0 radical (unpaired) electrons. The monoisotopic (exact) mass is 1090 g/mol. The third kappa shape index (κ3) is 40.4. The van der Waals surface area contributed by atoms with E-state index in [1.54, 1.807) is 0 Å². The summed E-state index contributed by atoms with van der Waals surface area (Å²) in [5.41, 5.74) is 5.47. The maximum atomic E-state index is 9.87. The summed E-state index contributed by atoms with van der Waals surface area (Å²) in [7, 11) is -42.6. The number of hydrogen-bond acceptors (Lipinski definition) is 0. The Morgan fingerprint density at radius 1 is 0.303 bits per heavy atom. The molecule has 0 saturated carbocycles. The quantitative estimate of drug-likeness (QED) is 0.0678. The van der Waals surface area contributed by atoms with Crippen LogP contribution in [0, 0.1) is 0 Å². The van der Waals surface area contributed by atoms with Crippen molar-refractivity contribution in [3.63, 3.8) is 0 Å². The van der Waals surface area contributed by atoms with E-state index in [4.69, 9.17) is 0 Å². The molecule has 0 N–H and O–H groups in total. The van der Waals surface area contributed by atoms with Gasteiger partial charge in [-0.15, -0.1) is 0 Å². The van der Waals surface area contributed by atoms with Crippen LogP contribution in [0.3, 0.4) is 0 Å². The van der Waals surface area contributed by atoms with Gasteiger partial charge >= 0.3 is 132 Å². The molecule has 0 amide bonds. The number of imidazole rings is 4. The molecule has 0 bridgehead atoms. The molecule has 5 rings (SSSR count). The van der Waals surface area contributed by atoms with Crippen molar-refractivity contribution in [2.24, 2.45) is 0 Å². The SMILES string of the molecule is CCn1cc[n+](Cc2cc(C[n+]3ccn(CC)c3)c(C[n+]3ccn(CC)c3)cc2C[n+]2ccn(CC)c2)c1.F[P-](F)(F)(F)(F)F.F[P-](F)(F)(F)(F)F.F[P-](F)(F)(F)(F)F.F[P-](F)(F)(F)(F)F. The summed E-state index contributed by atoms with van der Waals surface area (Å²) in [5, 5.41) is 0. The summed E-state index contributed by atoms with van der Waals surface area (Å²) in [6, 6.07) is 4.90. The molecule has 0 unspecified atom stereocenters. The molecule has 0 aliphatic carbocycles. The van der Waals surface area contributed by atoms with E-state index in [0.29, 0.717) is 0 Å². The molecule has 1 aromatic carbocycles. The van der Waals surface area contributed by atoms with E-state index in [0.717, 1.165) is 52.4 Å². The van der Waals surface area contributed by atoms with Crippen molar-refractivity contribution in [3.8, 4) is 0 Å². The Kier molecular flexibility index (Phi) is 15.4. The number of hydrogen-bond donors (Lipinski definition) is 0. The van der Waals surface area contributed by atoms with Crippen LogP contribution < -0.4 is 18.3 Å². The van der Waals surface area contributed by atoms with Gasteiger partial charge in [-0.3, -0.25) is 0 Å². The Bertz CT molecular complexity index is 2020. The Hall–Kier alpha value is -3.90. The van der Waals surface area contributed by atoms with Gasteiger partial charge in [0.25, 0.3) is 0 Å². The first kappa shape index (κ1) is 60.1. The molecule has 0 fully saturated rings. The second kappa shape index (κ2) is 17.0. The summed E-state index contributed by atoms with van der Waals surface area (Å²) >= 11 is 0. The molecular formula is C30H42F24N8P4. The van der Waals surface area contributed by atoms with Gasteiger partial charge in [-0.2, -0.15) is 0 Å². The normalized spacial score (nSPS) is 16.4. The molecule has 0 aliphatic rings. The van der Waals surface area contributed by atoms with Gasteiger partial charge in [-0.25, -0.2) is 36.5 Å². The number of halogens is 24. The summed E-state index contributed by atoms with van der Waals surface area (Å²) in [4.78, 5) is 0. The van der Waals surface area contributed by atoms with E-state index >= 15 is 0 Å². The minimum atomic E-state index is -10.7. The number of benzene rings is 1. The Balaban J connectivity index is 0.000000629. The van der Waals surface area contributed by atoms with Gasteiger partial charge in [-0.05, 0) is 39.8 Å². The van der Waals surface area contributed by atoms with Crippen molar-refractivity contribution in [2.75, 3.05) is 0 Å². The van der Waals surface area contributed by atoms with Gasteiger partial charge < -0.3 is 0 Å². The third-order valence-corrected chi connectivity index (χ3v) is 7.38. The molecule has 0 saturated heterocycles. The van der Waals surface area contributed by atoms with Crippen molar-refractivity contribution in [1.29, 1.82) is 0 Å². The summed E-state index contributed by atoms with van der Waals surface area (Å²) < 4.78 is 255. The van der Waals surface area contributed by atoms with Crippen molar-refractivity contribution in [3.05, 3.63) is 109 Å². The van der Waals surface area contributed by atoms with Crippen LogP contribution in [0.2, 0.25) is 0 Å². The zero-order valence-corrected chi connectivity index (χ0v) is 37.8. The van der Waals surface area contributed by atoms with Gasteiger partial charge in [-0.1, -0.05) is 0 Å². The van der Waals surface area contributed by atoms with Gasteiger partial charge in [0.2, 0.25) is 25.3 Å². The van der Waals surface area contributed by atoms with Crippen LogP contribution in [0.15, 0.2) is 87.0 Å². The van der Waals surface area contributed by atoms with Gasteiger partial charge in [0.1, 0.15) is 75.8 Å². The van der Waals surface area contributed by atoms with Crippen molar-refractivity contribution in [1.82, 2.24) is 18.3 Å². The molecule has 5 aromatic rings. The number of nitrogens with zero attached hydrogens (tertiary/aromatic N) is 8. The topological polar surface area (TPSA) is 35.2 Å². The van der Waals surface area contributed by atoms with Gasteiger partial charge in [0.15, 0.2) is 0 Å². The zero-order chi connectivity index (χ0) is 52.1. The van der Waals surface area contributed by atoms with Crippen LogP contribution in [0.25, 0.3) is 0 Å². The Labute approximate surface area is 357 Å². The van der Waals surface area contributed by atoms with E-state index in [1.807, 2.05) is 0 Å². The summed E-state index contributed by atoms with van der Waals surface area (Å²) in [6.45, 7) is 16.0. The Morgan fingerprint density at radius 2 is 0.439 bits per heavy atom. The first-order chi connectivity index (χ1) is 28.4. The second-order valence-electron chi connectivity index (χ2n) is 13.9. The summed E-state index contributed by atoms with van der Waals surface area (Å²) in [6.07, 6.45) is 26.2. The number of rotatable bonds is 12. The summed E-state index contributed by atoms with van der Waals surface area (Å²) in [5.74, 6) is 0. The zero-order valence-electron chi connectivity index (χ0n) is 34.2. The first-order valence-corrected chi connectivity index (χ1v) is 26.1. The standard InChI is InChI=1S/C30H42N8.4F6P/c1-5-31-9-13-35(23-31)19-27-17-29(21-37-15-11-33(7-3)25-37)30(22-38-16-12-34(8-4)26-38)18-28(27)20-36-14-10-32(6-2)24-36;4*1-7(2,3,4,5)6/h9-18,23-26H,5-8,19-22H2,1-4H3;;;;/q+4;4*-1. The van der Waals surface area contributed by atoms with Crippen LogP contribution in [-0.4, -0.2) is 18.3 Å². The molecule has 0 atom stereocenters. The van der Waals surface area contributed by atoms with Crippen LogP contribution in [0.4, 0.5) is 101 Å². The van der Waals surface area contributed by atoms with Crippen LogP contribution >= 0.6 is 31.2 Å². The fourth-order valence-corrected chi connectivity index (χ4v) is 5.04. The van der Waals surface area contributed by atoms with E-state index < -0.39 is 31.2 Å². The van der Waals surface area contributed by atoms with E-state index in [1.165, 1.54) is 22.3 Å². The number of aryl methyl sites for hydroxylation is 4. The predicted octanol–water partition coefficient (Wildman–Crippen LogP) is 15.8. The van der Waals surface area contributed by atoms with Crippen LogP contribution in [-0.2, 0) is 52.4 Å². The molecule has 66 heavy (non-hydrogen) atoms. The molecule has 390 valence electrons. The fraction of sp³-hybridized carbons (Fsp3) is 0.400. The molecule has 4 heterocycles. The fourth-order valence-electron chi connectivity index (χ4n) is 5.04. The molecule has 36 heteroatoms. The van der Waals surface area contributed by atoms with Crippen molar-refractivity contribution in [2.45, 2.75) is 80.1 Å². The molecule has 0 aliphatic heterocycles. The predicted molar refractivity (Wildman–Crippen MR) is 198 cm³/mol. The molecule has 8 nitrogen and oxygen atoms in total. The molecular weight excluding hydrogens is 1050 g/mol. The average Bonchev–Trinajstić information content (AvgIpc) is 3.85. The molecule has 4 aromatic heterocycles. The van der Waals surface area contributed by atoms with Crippen LogP contribution in [0.1, 0.15) is 49.9 Å². The maximum absolute atomic E-state index is 10.7. The average molecular weight is 1090 g/mol. The van der Waals surface area contributed by atoms with Crippen molar-refractivity contribution < 1.29 is 119 Å². The van der Waals surface area contributed by atoms with E-state index in [2.05, 4.69) is 151 Å². The Morgan fingerprint density at radius 3 is 0.545 bits per heavy atom. The van der Waals surface area contributed by atoms with Gasteiger partial charge in [0, 0.05) is 22.3 Å². The van der Waals surface area contributed by atoms with Gasteiger partial charge in [0.05, 0.1) is 26.2 Å². The second-order valence-corrected chi connectivity index (χ2v) is 21.6. The third-order valence-electron chi connectivity index (χ3n) is 7.38. The molecule has 0 spiro atoms. The van der Waals surface area contributed by atoms with Crippen LogP contribution in [0.5, 0.6) is 0 Å². The van der Waals surface area contributed by atoms with Crippen molar-refractivity contribution >= 4 is 31.2 Å². The minimum absolute atomic E-state index is 0.852. The van der Waals surface area contributed by atoms with E-state index in [-0.39, 0.29) is 0 Å². The van der Waals surface area contributed by atoms with E-state index in [9.17, 15) is 101 Å². The first-order valence-electron chi connectivity index (χ1n) is 17.9. The number of aromatic nitrogens is 8.